The minimum Gasteiger partial charge on any atom is -0.478 e. The van der Waals surface area contributed by atoms with Crippen molar-refractivity contribution in [3.05, 3.63) is 29.3 Å². The number of carbonyl (C=O) groups excluding carboxylic acids is 1. The number of aromatic carboxylic acids is 1. The number of aryl methyl sites for hydroxylation is 1. The summed E-state index contributed by atoms with van der Waals surface area (Å²) in [6, 6.07) is 5.01. The molecule has 0 radical (unpaired) electrons. The highest BCUT2D eigenvalue weighted by Crippen LogP contribution is 2.18. The number of hydrogen-bond acceptors (Lipinski definition) is 3. The maximum atomic E-state index is 11.4. The Kier molecular flexibility index (Phi) is 4.66. The van der Waals surface area contributed by atoms with Crippen LogP contribution in [0.4, 0.5) is 5.69 Å². The largest absolute Gasteiger partial charge is 0.478 e. The number of rotatable bonds is 5. The van der Waals surface area contributed by atoms with Crippen LogP contribution in [0.15, 0.2) is 18.2 Å². The van der Waals surface area contributed by atoms with Crippen molar-refractivity contribution in [3.63, 3.8) is 0 Å². The van der Waals surface area contributed by atoms with E-state index < -0.39 is 5.97 Å². The van der Waals surface area contributed by atoms with Gasteiger partial charge in [-0.05, 0) is 31.2 Å². The predicted octanol–water partition coefficient (Wildman–Crippen LogP) is 1.11. The average molecular weight is 236 g/mol. The van der Waals surface area contributed by atoms with Crippen molar-refractivity contribution < 1.29 is 14.7 Å². The van der Waals surface area contributed by atoms with Crippen LogP contribution in [-0.4, -0.2) is 30.6 Å². The molecule has 1 aromatic carbocycles. The molecule has 3 N–H and O–H groups in total. The highest BCUT2D eigenvalue weighted by molar-refractivity contribution is 6.01. The summed E-state index contributed by atoms with van der Waals surface area (Å²) in [5.74, 6) is -1.31. The Balaban J connectivity index is 2.98. The first kappa shape index (κ1) is 13.2. The zero-order valence-corrected chi connectivity index (χ0v) is 9.91. The van der Waals surface area contributed by atoms with Crippen molar-refractivity contribution in [1.29, 1.82) is 0 Å². The summed E-state index contributed by atoms with van der Waals surface area (Å²) in [6.07, 6.45) is 0.755. The van der Waals surface area contributed by atoms with Crippen LogP contribution in [0.5, 0.6) is 0 Å². The van der Waals surface area contributed by atoms with Crippen molar-refractivity contribution in [2.24, 2.45) is 0 Å². The van der Waals surface area contributed by atoms with E-state index in [2.05, 4.69) is 10.6 Å². The molecule has 17 heavy (non-hydrogen) atoms. The van der Waals surface area contributed by atoms with E-state index in [-0.39, 0.29) is 18.0 Å². The zero-order chi connectivity index (χ0) is 12.8. The van der Waals surface area contributed by atoms with Crippen LogP contribution in [0.1, 0.15) is 22.8 Å². The average Bonchev–Trinajstić information content (AvgIpc) is 2.29. The van der Waals surface area contributed by atoms with E-state index in [1.807, 2.05) is 6.92 Å². The number of carboxylic acids is 1. The molecule has 0 aromatic heterocycles. The van der Waals surface area contributed by atoms with E-state index >= 15 is 0 Å². The molecule has 0 atom stereocenters. The molecule has 0 bridgehead atoms. The van der Waals surface area contributed by atoms with Gasteiger partial charge in [-0.2, -0.15) is 0 Å². The van der Waals surface area contributed by atoms with Crippen LogP contribution >= 0.6 is 0 Å². The normalized spacial score (nSPS) is 10.0. The van der Waals surface area contributed by atoms with E-state index in [1.54, 1.807) is 25.2 Å². The number of anilines is 1. The molecule has 0 heterocycles. The minimum absolute atomic E-state index is 0.119. The maximum Gasteiger partial charge on any atom is 0.337 e. The van der Waals surface area contributed by atoms with Gasteiger partial charge in [-0.1, -0.05) is 13.0 Å². The quantitative estimate of drug-likeness (QED) is 0.715. The maximum absolute atomic E-state index is 11.4. The van der Waals surface area contributed by atoms with Gasteiger partial charge in [-0.15, -0.1) is 0 Å². The van der Waals surface area contributed by atoms with E-state index in [4.69, 9.17) is 5.11 Å². The molecular formula is C12H16N2O3. The second-order valence-corrected chi connectivity index (χ2v) is 3.62. The molecule has 1 amide bonds. The van der Waals surface area contributed by atoms with E-state index in [1.165, 1.54) is 0 Å². The van der Waals surface area contributed by atoms with Gasteiger partial charge < -0.3 is 15.7 Å². The lowest BCUT2D eigenvalue weighted by atomic mass is 10.1. The molecule has 0 aliphatic heterocycles. The SMILES string of the molecule is CCc1ccc(NC(=O)CNC)c(C(=O)O)c1. The lowest BCUT2D eigenvalue weighted by molar-refractivity contribution is -0.115. The molecule has 0 saturated heterocycles. The van der Waals surface area contributed by atoms with Gasteiger partial charge in [0.2, 0.25) is 5.91 Å². The third kappa shape index (κ3) is 3.57. The Morgan fingerprint density at radius 2 is 2.06 bits per heavy atom. The van der Waals surface area contributed by atoms with Crippen molar-refractivity contribution in [1.82, 2.24) is 5.32 Å². The van der Waals surface area contributed by atoms with E-state index in [0.717, 1.165) is 12.0 Å². The summed E-state index contributed by atoms with van der Waals surface area (Å²) < 4.78 is 0. The third-order valence-corrected chi connectivity index (χ3v) is 2.33. The highest BCUT2D eigenvalue weighted by atomic mass is 16.4. The first-order valence-corrected chi connectivity index (χ1v) is 5.39. The topological polar surface area (TPSA) is 78.4 Å². The van der Waals surface area contributed by atoms with Gasteiger partial charge in [0.25, 0.3) is 0 Å². The number of nitrogens with one attached hydrogen (secondary N) is 2. The first-order chi connectivity index (χ1) is 8.08. The Bertz CT molecular complexity index is 430. The summed E-state index contributed by atoms with van der Waals surface area (Å²) in [7, 11) is 1.65. The highest BCUT2D eigenvalue weighted by Gasteiger charge is 2.12. The van der Waals surface area contributed by atoms with Gasteiger partial charge in [0.05, 0.1) is 17.8 Å². The molecule has 1 rings (SSSR count). The molecule has 5 nitrogen and oxygen atoms in total. The van der Waals surface area contributed by atoms with Crippen molar-refractivity contribution >= 4 is 17.6 Å². The molecule has 0 fully saturated rings. The molecule has 5 heteroatoms. The Morgan fingerprint density at radius 3 is 2.59 bits per heavy atom. The lowest BCUT2D eigenvalue weighted by Crippen LogP contribution is -2.26. The molecule has 1 aromatic rings. The first-order valence-electron chi connectivity index (χ1n) is 5.39. The lowest BCUT2D eigenvalue weighted by Gasteiger charge is -2.09. The molecule has 92 valence electrons. The van der Waals surface area contributed by atoms with Crippen LogP contribution in [0, 0.1) is 0 Å². The van der Waals surface area contributed by atoms with Crippen LogP contribution in [0.3, 0.4) is 0 Å². The number of carbonyl (C=O) groups is 2. The number of carboxylic acid groups (broad SMARTS) is 1. The summed E-state index contributed by atoms with van der Waals surface area (Å²) in [5.41, 5.74) is 1.37. The molecule has 0 saturated carbocycles. The predicted molar refractivity (Wildman–Crippen MR) is 65.3 cm³/mol. The molecule has 0 aliphatic rings. The second kappa shape index (κ2) is 6.00. The third-order valence-electron chi connectivity index (χ3n) is 2.33. The molecule has 0 aliphatic carbocycles. The Hall–Kier alpha value is -1.88. The Morgan fingerprint density at radius 1 is 1.35 bits per heavy atom. The zero-order valence-electron chi connectivity index (χ0n) is 9.91. The van der Waals surface area contributed by atoms with Crippen LogP contribution in [0.2, 0.25) is 0 Å². The summed E-state index contributed by atoms with van der Waals surface area (Å²) in [5, 5.41) is 14.3. The van der Waals surface area contributed by atoms with E-state index in [9.17, 15) is 9.59 Å². The molecule has 0 spiro atoms. The van der Waals surface area contributed by atoms with Crippen molar-refractivity contribution in [3.8, 4) is 0 Å². The van der Waals surface area contributed by atoms with Gasteiger partial charge in [-0.25, -0.2) is 4.79 Å². The smallest absolute Gasteiger partial charge is 0.337 e. The van der Waals surface area contributed by atoms with Crippen molar-refractivity contribution in [2.45, 2.75) is 13.3 Å². The monoisotopic (exact) mass is 236 g/mol. The van der Waals surface area contributed by atoms with E-state index in [0.29, 0.717) is 5.69 Å². The summed E-state index contributed by atoms with van der Waals surface area (Å²) >= 11 is 0. The van der Waals surface area contributed by atoms with Crippen LogP contribution in [0.25, 0.3) is 0 Å². The van der Waals surface area contributed by atoms with Gasteiger partial charge in [0.1, 0.15) is 0 Å². The fourth-order valence-electron chi connectivity index (χ4n) is 1.45. The van der Waals surface area contributed by atoms with Gasteiger partial charge in [0, 0.05) is 0 Å². The second-order valence-electron chi connectivity index (χ2n) is 3.62. The Labute approximate surface area is 99.8 Å². The number of hydrogen-bond donors (Lipinski definition) is 3. The molecule has 0 unspecified atom stereocenters. The molecular weight excluding hydrogens is 220 g/mol. The van der Waals surface area contributed by atoms with Crippen molar-refractivity contribution in [2.75, 3.05) is 18.9 Å². The van der Waals surface area contributed by atoms with Crippen LogP contribution < -0.4 is 10.6 Å². The van der Waals surface area contributed by atoms with Crippen LogP contribution in [-0.2, 0) is 11.2 Å². The van der Waals surface area contributed by atoms with Gasteiger partial charge in [-0.3, -0.25) is 4.79 Å². The fourth-order valence-corrected chi connectivity index (χ4v) is 1.45. The summed E-state index contributed by atoms with van der Waals surface area (Å²) in [6.45, 7) is 2.09. The van der Waals surface area contributed by atoms with Gasteiger partial charge >= 0.3 is 5.97 Å². The number of amides is 1. The summed E-state index contributed by atoms with van der Waals surface area (Å²) in [4.78, 5) is 22.4. The van der Waals surface area contributed by atoms with Gasteiger partial charge in [0.15, 0.2) is 0 Å². The minimum atomic E-state index is -1.04. The fraction of sp³-hybridized carbons (Fsp3) is 0.333. The number of benzene rings is 1. The standard InChI is InChI=1S/C12H16N2O3/c1-3-8-4-5-10(9(6-8)12(16)17)14-11(15)7-13-2/h4-6,13H,3,7H2,1-2H3,(H,14,15)(H,16,17). The number of likely N-dealkylation sites (N-methyl/N-ethyl adjacent to an activating group) is 1.